The molecule has 0 fully saturated rings. The number of amides is 1. The number of carbonyl (C=O) groups is 1. The zero-order chi connectivity index (χ0) is 22.7. The van der Waals surface area contributed by atoms with Crippen molar-refractivity contribution in [3.8, 4) is 17.1 Å². The van der Waals surface area contributed by atoms with Gasteiger partial charge in [0.15, 0.2) is 11.6 Å². The summed E-state index contributed by atoms with van der Waals surface area (Å²) in [6.45, 7) is 7.79. The van der Waals surface area contributed by atoms with Crippen molar-refractivity contribution in [3.63, 3.8) is 0 Å². The molecule has 0 aliphatic carbocycles. The van der Waals surface area contributed by atoms with E-state index in [2.05, 4.69) is 40.8 Å². The summed E-state index contributed by atoms with van der Waals surface area (Å²) in [4.78, 5) is 30.3. The Morgan fingerprint density at radius 3 is 2.47 bits per heavy atom. The van der Waals surface area contributed by atoms with Gasteiger partial charge in [-0.05, 0) is 48.0 Å². The lowest BCUT2D eigenvalue weighted by Gasteiger charge is -2.15. The lowest BCUT2D eigenvalue weighted by Crippen LogP contribution is -2.27. The van der Waals surface area contributed by atoms with Crippen molar-refractivity contribution in [1.82, 2.24) is 45.5 Å². The van der Waals surface area contributed by atoms with Crippen LogP contribution in [0.3, 0.4) is 0 Å². The normalized spacial score (nSPS) is 12.0. The predicted octanol–water partition coefficient (Wildman–Crippen LogP) is 2.83. The second-order valence-corrected chi connectivity index (χ2v) is 7.78. The van der Waals surface area contributed by atoms with E-state index >= 15 is 0 Å². The van der Waals surface area contributed by atoms with E-state index in [9.17, 15) is 4.79 Å². The number of nitrogens with zero attached hydrogens (tertiary/aromatic N) is 8. The van der Waals surface area contributed by atoms with E-state index in [1.54, 1.807) is 47.8 Å². The summed E-state index contributed by atoms with van der Waals surface area (Å²) in [5.41, 5.74) is 3.38. The van der Waals surface area contributed by atoms with Crippen LogP contribution in [0.2, 0.25) is 0 Å². The summed E-state index contributed by atoms with van der Waals surface area (Å²) in [7, 11) is 0. The molecule has 32 heavy (non-hydrogen) atoms. The van der Waals surface area contributed by atoms with Gasteiger partial charge in [-0.25, -0.2) is 9.97 Å². The molecule has 10 nitrogen and oxygen atoms in total. The van der Waals surface area contributed by atoms with E-state index in [0.717, 1.165) is 5.56 Å². The highest BCUT2D eigenvalue weighted by atomic mass is 16.1. The molecule has 0 spiro atoms. The SMILES string of the molecule is Cc1cnc(-c2cc(C(=O)NC(C)c3cnccn3)cc(-n3nnnc3C(C)C)c2)nc1. The van der Waals surface area contributed by atoms with Crippen molar-refractivity contribution in [2.45, 2.75) is 39.7 Å². The maximum Gasteiger partial charge on any atom is 0.251 e. The predicted molar refractivity (Wildman–Crippen MR) is 117 cm³/mol. The summed E-state index contributed by atoms with van der Waals surface area (Å²) in [6, 6.07) is 5.05. The number of hydrogen-bond acceptors (Lipinski definition) is 8. The minimum Gasteiger partial charge on any atom is -0.344 e. The highest BCUT2D eigenvalue weighted by molar-refractivity contribution is 5.96. The lowest BCUT2D eigenvalue weighted by molar-refractivity contribution is 0.0939. The number of nitrogens with one attached hydrogen (secondary N) is 1. The van der Waals surface area contributed by atoms with Crippen molar-refractivity contribution in [1.29, 1.82) is 0 Å². The Kier molecular flexibility index (Phi) is 5.93. The first-order chi connectivity index (χ1) is 15.4. The largest absolute Gasteiger partial charge is 0.344 e. The molecule has 4 rings (SSSR count). The summed E-state index contributed by atoms with van der Waals surface area (Å²) < 4.78 is 1.63. The molecule has 1 N–H and O–H groups in total. The average molecular weight is 429 g/mol. The van der Waals surface area contributed by atoms with E-state index in [4.69, 9.17) is 0 Å². The fourth-order valence-electron chi connectivity index (χ4n) is 3.16. The molecule has 0 aliphatic rings. The Bertz CT molecular complexity index is 1220. The highest BCUT2D eigenvalue weighted by Gasteiger charge is 2.18. The van der Waals surface area contributed by atoms with E-state index in [0.29, 0.717) is 34.2 Å². The van der Waals surface area contributed by atoms with E-state index in [1.807, 2.05) is 33.8 Å². The maximum absolute atomic E-state index is 13.1. The van der Waals surface area contributed by atoms with Gasteiger partial charge in [0.05, 0.1) is 23.6 Å². The van der Waals surface area contributed by atoms with Crippen LogP contribution in [0, 0.1) is 6.92 Å². The molecule has 162 valence electrons. The van der Waals surface area contributed by atoms with Gasteiger partial charge >= 0.3 is 0 Å². The molecule has 0 radical (unpaired) electrons. The zero-order valence-electron chi connectivity index (χ0n) is 18.3. The molecule has 0 bridgehead atoms. The molecule has 3 aromatic heterocycles. The monoisotopic (exact) mass is 429 g/mol. The summed E-state index contributed by atoms with van der Waals surface area (Å²) in [5, 5.41) is 15.0. The number of benzene rings is 1. The van der Waals surface area contributed by atoms with Crippen LogP contribution in [0.5, 0.6) is 0 Å². The van der Waals surface area contributed by atoms with Crippen LogP contribution in [0.15, 0.2) is 49.2 Å². The second-order valence-electron chi connectivity index (χ2n) is 7.78. The number of carbonyl (C=O) groups excluding carboxylic acids is 1. The van der Waals surface area contributed by atoms with Gasteiger partial charge in [0.1, 0.15) is 0 Å². The Morgan fingerprint density at radius 2 is 1.78 bits per heavy atom. The first kappa shape index (κ1) is 21.2. The summed E-state index contributed by atoms with van der Waals surface area (Å²) in [5.74, 6) is 1.02. The number of aryl methyl sites for hydroxylation is 1. The van der Waals surface area contributed by atoms with Gasteiger partial charge < -0.3 is 5.32 Å². The standard InChI is InChI=1S/C22H23N9O/c1-13(2)21-28-29-30-31(21)18-8-16(20-25-10-14(3)11-26-20)7-17(9-18)22(32)27-15(4)19-12-23-5-6-24-19/h5-13,15H,1-4H3,(H,27,32). The van der Waals surface area contributed by atoms with Crippen molar-refractivity contribution < 1.29 is 4.79 Å². The van der Waals surface area contributed by atoms with E-state index in [-0.39, 0.29) is 17.9 Å². The molecule has 0 aliphatic heterocycles. The molecule has 1 amide bonds. The molecular formula is C22H23N9O. The van der Waals surface area contributed by atoms with Gasteiger partial charge in [-0.2, -0.15) is 4.68 Å². The fourth-order valence-corrected chi connectivity index (χ4v) is 3.16. The number of rotatable bonds is 6. The second kappa shape index (κ2) is 8.96. The zero-order valence-corrected chi connectivity index (χ0v) is 18.3. The van der Waals surface area contributed by atoms with Crippen LogP contribution in [0.25, 0.3) is 17.1 Å². The fraction of sp³-hybridized carbons (Fsp3) is 0.273. The molecule has 3 heterocycles. The number of hydrogen-bond donors (Lipinski definition) is 1. The van der Waals surface area contributed by atoms with Gasteiger partial charge in [-0.15, -0.1) is 5.10 Å². The Morgan fingerprint density at radius 1 is 1.00 bits per heavy atom. The van der Waals surface area contributed by atoms with Gasteiger partial charge in [0.25, 0.3) is 5.91 Å². The minimum atomic E-state index is -0.321. The van der Waals surface area contributed by atoms with E-state index < -0.39 is 0 Å². The summed E-state index contributed by atoms with van der Waals surface area (Å²) in [6.07, 6.45) is 8.29. The molecule has 0 saturated heterocycles. The van der Waals surface area contributed by atoms with E-state index in [1.165, 1.54) is 0 Å². The molecule has 4 aromatic rings. The van der Waals surface area contributed by atoms with Gasteiger partial charge in [-0.3, -0.25) is 14.8 Å². The van der Waals surface area contributed by atoms with Crippen molar-refractivity contribution in [2.75, 3.05) is 0 Å². The van der Waals surface area contributed by atoms with Crippen LogP contribution < -0.4 is 5.32 Å². The third kappa shape index (κ3) is 4.48. The van der Waals surface area contributed by atoms with Crippen molar-refractivity contribution >= 4 is 5.91 Å². The van der Waals surface area contributed by atoms with Crippen LogP contribution >= 0.6 is 0 Å². The highest BCUT2D eigenvalue weighted by Crippen LogP contribution is 2.24. The molecule has 1 unspecified atom stereocenters. The Labute approximate surface area is 185 Å². The molecule has 0 saturated carbocycles. The first-order valence-corrected chi connectivity index (χ1v) is 10.2. The number of aromatic nitrogens is 8. The summed E-state index contributed by atoms with van der Waals surface area (Å²) >= 11 is 0. The van der Waals surface area contributed by atoms with Crippen molar-refractivity contribution in [3.05, 3.63) is 71.8 Å². The molecular weight excluding hydrogens is 406 g/mol. The van der Waals surface area contributed by atoms with Crippen LogP contribution in [-0.2, 0) is 0 Å². The average Bonchev–Trinajstić information content (AvgIpc) is 3.30. The van der Waals surface area contributed by atoms with Crippen LogP contribution in [0.4, 0.5) is 0 Å². The van der Waals surface area contributed by atoms with Crippen molar-refractivity contribution in [2.24, 2.45) is 0 Å². The third-order valence-corrected chi connectivity index (χ3v) is 4.85. The van der Waals surface area contributed by atoms with Crippen LogP contribution in [0.1, 0.15) is 60.2 Å². The van der Waals surface area contributed by atoms with Gasteiger partial charge in [-0.1, -0.05) is 13.8 Å². The smallest absolute Gasteiger partial charge is 0.251 e. The minimum absolute atomic E-state index is 0.0956. The third-order valence-electron chi connectivity index (χ3n) is 4.85. The first-order valence-electron chi connectivity index (χ1n) is 10.2. The Balaban J connectivity index is 1.75. The topological polar surface area (TPSA) is 124 Å². The van der Waals surface area contributed by atoms with Crippen LogP contribution in [-0.4, -0.2) is 46.1 Å². The molecule has 1 aromatic carbocycles. The quantitative estimate of drug-likeness (QED) is 0.496. The molecule has 10 heteroatoms. The lowest BCUT2D eigenvalue weighted by atomic mass is 10.1. The Hall–Kier alpha value is -4.08. The number of tetrazole rings is 1. The van der Waals surface area contributed by atoms with Gasteiger partial charge in [0, 0.05) is 41.8 Å². The molecule has 1 atom stereocenters. The van der Waals surface area contributed by atoms with Gasteiger partial charge in [0.2, 0.25) is 0 Å². The maximum atomic E-state index is 13.1.